The van der Waals surface area contributed by atoms with Gasteiger partial charge in [0.25, 0.3) is 10.1 Å². The molecule has 2 aliphatic rings. The smallest absolute Gasteiger partial charge is 0.316 e. The maximum Gasteiger partial charge on any atom is 0.316 e. The number of nitroso groups, excluding NO2 is 1. The van der Waals surface area contributed by atoms with E-state index in [2.05, 4.69) is 14.1 Å². The first kappa shape index (κ1) is 64.4. The van der Waals surface area contributed by atoms with Crippen LogP contribution in [0, 0.1) is 4.91 Å². The van der Waals surface area contributed by atoms with Crippen LogP contribution >= 0.6 is 0 Å². The van der Waals surface area contributed by atoms with Gasteiger partial charge in [0.1, 0.15) is 6.54 Å². The molecule has 2 aromatic rings. The summed E-state index contributed by atoms with van der Waals surface area (Å²) in [4.78, 5) is 24.5. The average molecular weight is 1120 g/mol. The zero-order valence-electron chi connectivity index (χ0n) is 44.8. The van der Waals surface area contributed by atoms with Gasteiger partial charge in [-0.05, 0) is 81.5 Å². The normalized spacial score (nSPS) is 18.1. The number of rotatable bonds is 44. The minimum absolute atomic E-state index is 0.0183. The third-order valence-corrected chi connectivity index (χ3v) is 14.9. The van der Waals surface area contributed by atoms with E-state index in [1.165, 1.54) is 24.3 Å². The fourth-order valence-electron chi connectivity index (χ4n) is 8.93. The van der Waals surface area contributed by atoms with Crippen molar-refractivity contribution in [2.45, 2.75) is 73.0 Å². The van der Waals surface area contributed by atoms with E-state index in [1.54, 1.807) is 33.5 Å². The monoisotopic (exact) mass is 1110 g/mol. The van der Waals surface area contributed by atoms with Gasteiger partial charge in [0.05, 0.1) is 132 Å². The molecule has 2 atom stereocenters. The second kappa shape index (κ2) is 34.0. The number of carbonyl (C=O) groups is 1. The Labute approximate surface area is 448 Å². The van der Waals surface area contributed by atoms with Crippen LogP contribution in [0.3, 0.4) is 0 Å². The highest BCUT2D eigenvalue weighted by atomic mass is 32.2. The number of carboxylic acids is 1. The summed E-state index contributed by atoms with van der Waals surface area (Å²) in [6, 6.07) is 9.04. The number of allylic oxidation sites excluding steroid dienone is 4. The zero-order valence-corrected chi connectivity index (χ0v) is 46.4. The van der Waals surface area contributed by atoms with Crippen LogP contribution in [0.2, 0.25) is 0 Å². The first-order valence-corrected chi connectivity index (χ1v) is 28.4. The lowest BCUT2D eigenvalue weighted by Crippen LogP contribution is -2.33. The summed E-state index contributed by atoms with van der Waals surface area (Å²) in [5, 5.41) is 9.33. The van der Waals surface area contributed by atoms with Crippen LogP contribution in [0.4, 0.5) is 11.4 Å². The molecular formula is C52H80N3O19S2+. The molecule has 22 nitrogen and oxygen atoms in total. The summed E-state index contributed by atoms with van der Waals surface area (Å²) in [5.74, 6) is -0.887. The largest absolute Gasteiger partial charge is 0.481 e. The number of unbranched alkanes of at least 4 members (excludes halogenated alkanes) is 2. The van der Waals surface area contributed by atoms with Crippen LogP contribution in [0.25, 0.3) is 0 Å². The predicted octanol–water partition coefficient (Wildman–Crippen LogP) is 5.46. The van der Waals surface area contributed by atoms with E-state index in [4.69, 9.17) is 52.1 Å². The van der Waals surface area contributed by atoms with Crippen molar-refractivity contribution < 1.29 is 88.0 Å². The van der Waals surface area contributed by atoms with E-state index in [-0.39, 0.29) is 42.6 Å². The molecular weight excluding hydrogens is 1030 g/mol. The van der Waals surface area contributed by atoms with Gasteiger partial charge >= 0.3 is 16.0 Å². The number of carboxylic acid groups (broad SMARTS) is 1. The van der Waals surface area contributed by atoms with Crippen molar-refractivity contribution in [1.29, 1.82) is 0 Å². The molecule has 0 spiro atoms. The van der Waals surface area contributed by atoms with Crippen molar-refractivity contribution in [1.82, 2.24) is 0 Å². The number of nitrogens with zero attached hydrogens (tertiary/aromatic N) is 3. The molecule has 0 saturated heterocycles. The van der Waals surface area contributed by atoms with Crippen LogP contribution in [0.15, 0.2) is 74.7 Å². The van der Waals surface area contributed by atoms with E-state index in [1.807, 2.05) is 32.1 Å². The predicted molar refractivity (Wildman–Crippen MR) is 282 cm³/mol. The van der Waals surface area contributed by atoms with Gasteiger partial charge in [-0.1, -0.05) is 6.08 Å². The van der Waals surface area contributed by atoms with Gasteiger partial charge in [-0.2, -0.15) is 21.4 Å². The fourth-order valence-corrected chi connectivity index (χ4v) is 10.0. The fraction of sp³-hybridized carbons (Fsp3) is 0.654. The molecule has 4 rings (SSSR count). The topological polar surface area (TPSA) is 263 Å². The molecule has 2 unspecified atom stereocenters. The zero-order chi connectivity index (χ0) is 55.3. The number of aliphatic carboxylic acids is 1. The maximum absolute atomic E-state index is 12.9. The summed E-state index contributed by atoms with van der Waals surface area (Å²) in [5.41, 5.74) is 2.53. The Morgan fingerprint density at radius 2 is 1.09 bits per heavy atom. The average Bonchev–Trinajstić information content (AvgIpc) is 3.77. The Morgan fingerprint density at radius 3 is 1.58 bits per heavy atom. The van der Waals surface area contributed by atoms with Crippen molar-refractivity contribution in [3.8, 4) is 0 Å². The van der Waals surface area contributed by atoms with E-state index in [9.17, 15) is 36.2 Å². The third kappa shape index (κ3) is 20.0. The van der Waals surface area contributed by atoms with Crippen molar-refractivity contribution in [2.24, 2.45) is 4.58 Å². The van der Waals surface area contributed by atoms with Gasteiger partial charge in [-0.25, -0.2) is 0 Å². The van der Waals surface area contributed by atoms with Gasteiger partial charge in [0.15, 0.2) is 5.71 Å². The molecule has 0 amide bonds. The van der Waals surface area contributed by atoms with Gasteiger partial charge in [0, 0.05) is 88.4 Å². The first-order valence-electron chi connectivity index (χ1n) is 25.6. The molecule has 2 aliphatic heterocycles. The van der Waals surface area contributed by atoms with Crippen molar-refractivity contribution in [3.63, 3.8) is 0 Å². The number of methoxy groups -OCH3 is 3. The van der Waals surface area contributed by atoms with Crippen LogP contribution in [0.1, 0.15) is 63.5 Å². The standard InChI is InChI=1S/C52H79N3O19S2/c1-51(17-21-67-28-30-71-36-38-73-34-32-69-26-24-65-4)44-40-42(75(59,60)53-58)13-15-46(44)54(19-8-6-7-12-50(56)57)48(51)10-9-11-49-52(2,18-22-68-29-31-72-37-39-74-35-33-70-27-25-66-5)45-41-43(76(61,62)63)14-16-47(45)55(49)20-23-64-3/h9-11,13-16,40-41H,6-8,12,17-39H2,1-5H3,(H-,56,57,61,62,63)/p+1. The molecule has 428 valence electrons. The summed E-state index contributed by atoms with van der Waals surface area (Å²) in [7, 11) is -4.28. The van der Waals surface area contributed by atoms with Crippen molar-refractivity contribution >= 4 is 43.2 Å². The van der Waals surface area contributed by atoms with Crippen LogP contribution in [-0.4, -0.2) is 203 Å². The number of fused-ring (bicyclic) bond motifs is 2. The molecule has 0 saturated carbocycles. The van der Waals surface area contributed by atoms with E-state index in [0.29, 0.717) is 161 Å². The highest BCUT2D eigenvalue weighted by Crippen LogP contribution is 2.51. The molecule has 0 radical (unpaired) electrons. The number of ether oxygens (including phenoxy) is 11. The minimum atomic E-state index is -4.58. The molecule has 76 heavy (non-hydrogen) atoms. The van der Waals surface area contributed by atoms with Crippen LogP contribution in [-0.2, 0) is 87.9 Å². The molecule has 2 heterocycles. The van der Waals surface area contributed by atoms with E-state index < -0.39 is 36.9 Å². The molecule has 0 bridgehead atoms. The van der Waals surface area contributed by atoms with Crippen molar-refractivity contribution in [3.05, 3.63) is 76.4 Å². The van der Waals surface area contributed by atoms with Gasteiger partial charge in [0.2, 0.25) is 5.69 Å². The maximum atomic E-state index is 12.9. The summed E-state index contributed by atoms with van der Waals surface area (Å²) >= 11 is 0. The summed E-state index contributed by atoms with van der Waals surface area (Å²) in [6.07, 6.45) is 8.27. The number of hydrogen-bond acceptors (Lipinski definition) is 18. The second-order valence-electron chi connectivity index (χ2n) is 18.2. The first-order chi connectivity index (χ1) is 36.6. The van der Waals surface area contributed by atoms with E-state index in [0.717, 1.165) is 17.1 Å². The van der Waals surface area contributed by atoms with Crippen LogP contribution < -0.4 is 4.90 Å². The lowest BCUT2D eigenvalue weighted by atomic mass is 9.76. The number of anilines is 1. The highest BCUT2D eigenvalue weighted by molar-refractivity contribution is 7.90. The summed E-state index contributed by atoms with van der Waals surface area (Å²) in [6.45, 7) is 12.1. The van der Waals surface area contributed by atoms with E-state index >= 15 is 0 Å². The SMILES string of the molecule is COCCOCCOCCOCCOCCC1(C)C(/C=C/C=C2/N(CCOC)c3ccc(S(=O)(=O)O)cc3C2(C)CCOCCOCCOCCOCCOC)=[N+](CCCCCC(=O)O)c2ccc(S(=O)(=O)N=O)cc21. The highest BCUT2D eigenvalue weighted by Gasteiger charge is 2.48. The number of benzene rings is 2. The van der Waals surface area contributed by atoms with Crippen molar-refractivity contribution in [2.75, 3.05) is 165 Å². The second-order valence-corrected chi connectivity index (χ2v) is 21.2. The Morgan fingerprint density at radius 1 is 0.618 bits per heavy atom. The van der Waals surface area contributed by atoms with Gasteiger partial charge < -0.3 is 62.1 Å². The minimum Gasteiger partial charge on any atom is -0.481 e. The number of sulfonamides is 1. The molecule has 0 aliphatic carbocycles. The Kier molecular flexibility index (Phi) is 28.8. The summed E-state index contributed by atoms with van der Waals surface area (Å²) < 4.78 is 127. The van der Waals surface area contributed by atoms with Gasteiger partial charge in [-0.3, -0.25) is 9.35 Å². The molecule has 24 heteroatoms. The lowest BCUT2D eigenvalue weighted by Gasteiger charge is -2.30. The number of hydrogen-bond donors (Lipinski definition) is 2. The molecule has 2 N–H and O–H groups in total. The molecule has 0 aromatic heterocycles. The lowest BCUT2D eigenvalue weighted by molar-refractivity contribution is -0.438. The molecule has 0 fully saturated rings. The molecule has 2 aromatic carbocycles. The Balaban J connectivity index is 1.64. The van der Waals surface area contributed by atoms with Gasteiger partial charge in [-0.15, -0.1) is 4.91 Å². The quantitative estimate of drug-likeness (QED) is 0.0361. The third-order valence-electron chi connectivity index (χ3n) is 13.0. The Hall–Kier alpha value is -4.12. The Bertz CT molecular complexity index is 2420. The van der Waals surface area contributed by atoms with Crippen LogP contribution in [0.5, 0.6) is 0 Å².